The van der Waals surface area contributed by atoms with Gasteiger partial charge in [0.05, 0.1) is 22.0 Å². The van der Waals surface area contributed by atoms with Crippen molar-refractivity contribution in [2.45, 2.75) is 31.1 Å². The van der Waals surface area contributed by atoms with E-state index in [9.17, 15) is 10.2 Å². The first-order valence-corrected chi connectivity index (χ1v) is 10.3. The molecule has 5 rings (SSSR count). The van der Waals surface area contributed by atoms with E-state index in [0.29, 0.717) is 40.5 Å². The van der Waals surface area contributed by atoms with Crippen LogP contribution in [0, 0.1) is 0 Å². The highest BCUT2D eigenvalue weighted by molar-refractivity contribution is 6.33. The van der Waals surface area contributed by atoms with Crippen molar-refractivity contribution in [1.82, 2.24) is 19.5 Å². The Labute approximate surface area is 182 Å². The Kier molecular flexibility index (Phi) is 4.77. The molecule has 3 heterocycles. The van der Waals surface area contributed by atoms with Crippen molar-refractivity contribution >= 4 is 45.2 Å². The molecule has 8 nitrogen and oxygen atoms in total. The fourth-order valence-corrected chi connectivity index (χ4v) is 4.34. The first-order chi connectivity index (χ1) is 14.9. The molecule has 4 aromatic rings. The van der Waals surface area contributed by atoms with E-state index in [2.05, 4.69) is 15.0 Å². The van der Waals surface area contributed by atoms with Gasteiger partial charge in [0.2, 0.25) is 0 Å². The molecule has 3 unspecified atom stereocenters. The number of benzene rings is 1. The lowest BCUT2D eigenvalue weighted by molar-refractivity contribution is 0.0317. The van der Waals surface area contributed by atoms with Gasteiger partial charge in [0.25, 0.3) is 0 Å². The molecular formula is C22H21ClN6O2. The molecule has 0 amide bonds. The number of rotatable bonds is 4. The van der Waals surface area contributed by atoms with E-state index >= 15 is 0 Å². The third-order valence-corrected chi connectivity index (χ3v) is 6.17. The van der Waals surface area contributed by atoms with Crippen LogP contribution in [0.3, 0.4) is 0 Å². The van der Waals surface area contributed by atoms with Crippen LogP contribution in [0.25, 0.3) is 21.9 Å². The van der Waals surface area contributed by atoms with Crippen LogP contribution < -0.4 is 11.5 Å². The fourth-order valence-electron chi connectivity index (χ4n) is 4.18. The third-order valence-electron chi connectivity index (χ3n) is 5.86. The molecule has 0 radical (unpaired) electrons. The monoisotopic (exact) mass is 436 g/mol. The summed E-state index contributed by atoms with van der Waals surface area (Å²) in [5, 5.41) is 23.4. The zero-order chi connectivity index (χ0) is 21.7. The highest BCUT2D eigenvalue weighted by Gasteiger charge is 2.36. The quantitative estimate of drug-likeness (QED) is 0.361. The SMILES string of the molecule is Nc1nc2cc(CCC3=CC(n4ccc5c(N)ncnc54)C(O)C3O)ccc2cc1Cl. The molecule has 0 spiro atoms. The van der Waals surface area contributed by atoms with Crippen molar-refractivity contribution in [3.63, 3.8) is 0 Å². The number of pyridine rings is 1. The van der Waals surface area contributed by atoms with E-state index in [-0.39, 0.29) is 0 Å². The second kappa shape index (κ2) is 7.49. The number of nitrogens with zero attached hydrogens (tertiary/aromatic N) is 4. The van der Waals surface area contributed by atoms with Crippen LogP contribution in [-0.4, -0.2) is 41.9 Å². The number of aromatic nitrogens is 4. The summed E-state index contributed by atoms with van der Waals surface area (Å²) in [7, 11) is 0. The lowest BCUT2D eigenvalue weighted by Crippen LogP contribution is -2.29. The summed E-state index contributed by atoms with van der Waals surface area (Å²) in [5.74, 6) is 0.683. The van der Waals surface area contributed by atoms with Crippen LogP contribution in [0.1, 0.15) is 18.0 Å². The van der Waals surface area contributed by atoms with Gasteiger partial charge in [0.1, 0.15) is 35.8 Å². The maximum absolute atomic E-state index is 10.7. The second-order valence-corrected chi connectivity index (χ2v) is 8.18. The van der Waals surface area contributed by atoms with E-state index in [4.69, 9.17) is 23.1 Å². The largest absolute Gasteiger partial charge is 0.388 e. The van der Waals surface area contributed by atoms with Crippen molar-refractivity contribution < 1.29 is 10.2 Å². The molecule has 1 aliphatic rings. The molecule has 0 saturated carbocycles. The average molecular weight is 437 g/mol. The Hall–Kier alpha value is -3.20. The number of hydrogen-bond donors (Lipinski definition) is 4. The van der Waals surface area contributed by atoms with Gasteiger partial charge in [-0.05, 0) is 42.2 Å². The summed E-state index contributed by atoms with van der Waals surface area (Å²) in [4.78, 5) is 12.6. The predicted molar refractivity (Wildman–Crippen MR) is 121 cm³/mol. The molecule has 0 aliphatic heterocycles. The summed E-state index contributed by atoms with van der Waals surface area (Å²) in [6, 6.07) is 9.11. The number of fused-ring (bicyclic) bond motifs is 2. The molecule has 1 aromatic carbocycles. The topological polar surface area (TPSA) is 136 Å². The molecular weight excluding hydrogens is 416 g/mol. The normalized spacial score (nSPS) is 21.1. The molecule has 0 bridgehead atoms. The number of aryl methyl sites for hydroxylation is 1. The van der Waals surface area contributed by atoms with E-state index in [1.807, 2.05) is 34.9 Å². The van der Waals surface area contributed by atoms with E-state index in [0.717, 1.165) is 22.0 Å². The van der Waals surface area contributed by atoms with Crippen molar-refractivity contribution in [1.29, 1.82) is 0 Å². The van der Waals surface area contributed by atoms with E-state index in [1.165, 1.54) is 6.33 Å². The van der Waals surface area contributed by atoms with Crippen LogP contribution in [-0.2, 0) is 6.42 Å². The molecule has 3 atom stereocenters. The molecule has 158 valence electrons. The van der Waals surface area contributed by atoms with Gasteiger partial charge in [-0.1, -0.05) is 29.8 Å². The lowest BCUT2D eigenvalue weighted by Gasteiger charge is -2.19. The zero-order valence-corrected chi connectivity index (χ0v) is 17.2. The first kappa shape index (κ1) is 19.7. The van der Waals surface area contributed by atoms with Crippen LogP contribution in [0.4, 0.5) is 11.6 Å². The van der Waals surface area contributed by atoms with Crippen molar-refractivity contribution in [2.75, 3.05) is 11.5 Å². The number of aliphatic hydroxyl groups excluding tert-OH is 2. The van der Waals surface area contributed by atoms with E-state index < -0.39 is 18.2 Å². The van der Waals surface area contributed by atoms with Gasteiger partial charge in [0, 0.05) is 11.6 Å². The Morgan fingerprint density at radius 2 is 1.87 bits per heavy atom. The van der Waals surface area contributed by atoms with Gasteiger partial charge < -0.3 is 26.2 Å². The van der Waals surface area contributed by atoms with Crippen molar-refractivity contribution in [3.05, 3.63) is 65.1 Å². The zero-order valence-electron chi connectivity index (χ0n) is 16.5. The minimum absolute atomic E-state index is 0.301. The maximum Gasteiger partial charge on any atom is 0.146 e. The van der Waals surface area contributed by atoms with Crippen molar-refractivity contribution in [2.24, 2.45) is 0 Å². The number of nitrogens with two attached hydrogens (primary N) is 2. The second-order valence-electron chi connectivity index (χ2n) is 7.77. The Balaban J connectivity index is 1.39. The molecule has 3 aromatic heterocycles. The number of nitrogen functional groups attached to an aromatic ring is 2. The number of anilines is 2. The molecule has 9 heteroatoms. The first-order valence-electron chi connectivity index (χ1n) is 9.91. The van der Waals surface area contributed by atoms with Gasteiger partial charge in [-0.3, -0.25) is 0 Å². The summed E-state index contributed by atoms with van der Waals surface area (Å²) in [5.41, 5.74) is 15.0. The third kappa shape index (κ3) is 3.38. The average Bonchev–Trinajstić information content (AvgIpc) is 3.30. The van der Waals surface area contributed by atoms with Gasteiger partial charge in [-0.25, -0.2) is 15.0 Å². The predicted octanol–water partition coefficient (Wildman–Crippen LogP) is 2.63. The Morgan fingerprint density at radius 1 is 1.03 bits per heavy atom. The summed E-state index contributed by atoms with van der Waals surface area (Å²) in [6.07, 6.45) is 4.47. The van der Waals surface area contributed by atoms with Crippen LogP contribution in [0.15, 0.2) is 54.5 Å². The molecule has 0 fully saturated rings. The highest BCUT2D eigenvalue weighted by Crippen LogP contribution is 2.34. The smallest absolute Gasteiger partial charge is 0.146 e. The van der Waals surface area contributed by atoms with Crippen molar-refractivity contribution in [3.8, 4) is 0 Å². The number of aliphatic hydroxyl groups is 2. The number of halogens is 1. The van der Waals surface area contributed by atoms with Gasteiger partial charge in [-0.15, -0.1) is 0 Å². The van der Waals surface area contributed by atoms with Gasteiger partial charge in [-0.2, -0.15) is 0 Å². The minimum Gasteiger partial charge on any atom is -0.388 e. The summed E-state index contributed by atoms with van der Waals surface area (Å²) in [6.45, 7) is 0. The van der Waals surface area contributed by atoms with Crippen LogP contribution in [0.2, 0.25) is 5.02 Å². The molecule has 1 aliphatic carbocycles. The number of hydrogen-bond acceptors (Lipinski definition) is 7. The van der Waals surface area contributed by atoms with E-state index in [1.54, 1.807) is 12.3 Å². The Bertz CT molecular complexity index is 1330. The molecule has 6 N–H and O–H groups in total. The van der Waals surface area contributed by atoms with Crippen LogP contribution in [0.5, 0.6) is 0 Å². The molecule has 31 heavy (non-hydrogen) atoms. The van der Waals surface area contributed by atoms with Crippen LogP contribution >= 0.6 is 11.6 Å². The maximum atomic E-state index is 10.7. The summed E-state index contributed by atoms with van der Waals surface area (Å²) < 4.78 is 1.82. The highest BCUT2D eigenvalue weighted by atomic mass is 35.5. The summed E-state index contributed by atoms with van der Waals surface area (Å²) >= 11 is 6.04. The Morgan fingerprint density at radius 3 is 2.71 bits per heavy atom. The minimum atomic E-state index is -0.970. The van der Waals surface area contributed by atoms with Gasteiger partial charge >= 0.3 is 0 Å². The lowest BCUT2D eigenvalue weighted by atomic mass is 10.0. The molecule has 0 saturated heterocycles. The standard InChI is InChI=1S/C22H21ClN6O2/c23-15-8-12-3-1-11(7-16(12)28-21(15)25)2-4-13-9-17(19(31)18(13)30)29-6-5-14-20(24)26-10-27-22(14)29/h1,3,5-10,17-19,30-31H,2,4H2,(H2,25,28)(H2,24,26,27). The van der Waals surface area contributed by atoms with Gasteiger partial charge in [0.15, 0.2) is 0 Å². The fraction of sp³-hybridized carbons (Fsp3) is 0.227.